The minimum Gasteiger partial charge on any atom is -0.310 e. The van der Waals surface area contributed by atoms with E-state index < -0.39 is 0 Å². The highest BCUT2D eigenvalue weighted by Crippen LogP contribution is 2.25. The summed E-state index contributed by atoms with van der Waals surface area (Å²) in [7, 11) is 0. The zero-order valence-electron chi connectivity index (χ0n) is 12.5. The number of fused-ring (bicyclic) bond motifs is 1. The lowest BCUT2D eigenvalue weighted by Crippen LogP contribution is -2.21. The number of aryl methyl sites for hydroxylation is 2. The zero-order valence-corrected chi connectivity index (χ0v) is 12.5. The molecule has 2 aromatic rings. The van der Waals surface area contributed by atoms with Crippen LogP contribution in [0.5, 0.6) is 0 Å². The highest BCUT2D eigenvalue weighted by Gasteiger charge is 2.13. The Labute approximate surface area is 126 Å². The molecule has 0 radical (unpaired) electrons. The lowest BCUT2D eigenvalue weighted by molar-refractivity contribution is 0.559. The minimum atomic E-state index is -0.107. The first-order valence-electron chi connectivity index (χ1n) is 7.82. The molecule has 1 nitrogen and oxygen atoms in total. The Morgan fingerprint density at radius 3 is 2.76 bits per heavy atom. The number of hydrogen-bond donors (Lipinski definition) is 1. The van der Waals surface area contributed by atoms with E-state index >= 15 is 0 Å². The summed E-state index contributed by atoms with van der Waals surface area (Å²) >= 11 is 0. The molecule has 0 heterocycles. The van der Waals surface area contributed by atoms with E-state index in [9.17, 15) is 4.39 Å². The molecule has 0 bridgehead atoms. The molecule has 0 aromatic heterocycles. The zero-order chi connectivity index (χ0) is 14.7. The highest BCUT2D eigenvalue weighted by molar-refractivity contribution is 5.36. The van der Waals surface area contributed by atoms with Gasteiger partial charge in [-0.15, -0.1) is 0 Å². The van der Waals surface area contributed by atoms with Crippen LogP contribution in [0.15, 0.2) is 42.5 Å². The molecule has 2 aromatic carbocycles. The van der Waals surface area contributed by atoms with Crippen LogP contribution in [0, 0.1) is 5.82 Å². The van der Waals surface area contributed by atoms with E-state index in [0.29, 0.717) is 6.04 Å². The van der Waals surface area contributed by atoms with Crippen molar-refractivity contribution in [2.45, 2.75) is 38.6 Å². The van der Waals surface area contributed by atoms with Crippen molar-refractivity contribution in [3.05, 3.63) is 70.5 Å². The van der Waals surface area contributed by atoms with Crippen LogP contribution < -0.4 is 5.32 Å². The molecule has 0 aliphatic heterocycles. The summed E-state index contributed by atoms with van der Waals surface area (Å²) in [5.74, 6) is -0.107. The molecule has 2 heteroatoms. The van der Waals surface area contributed by atoms with Gasteiger partial charge in [-0.3, -0.25) is 0 Å². The number of rotatable bonds is 5. The maximum atomic E-state index is 13.6. The summed E-state index contributed by atoms with van der Waals surface area (Å²) in [5.41, 5.74) is 5.14. The van der Waals surface area contributed by atoms with E-state index in [4.69, 9.17) is 0 Å². The molecule has 1 unspecified atom stereocenters. The van der Waals surface area contributed by atoms with Gasteiger partial charge in [0.05, 0.1) is 0 Å². The van der Waals surface area contributed by atoms with Gasteiger partial charge in [-0.25, -0.2) is 4.39 Å². The number of hydrogen-bond acceptors (Lipinski definition) is 1. The molecule has 1 N–H and O–H groups in total. The smallest absolute Gasteiger partial charge is 0.126 e. The normalized spacial score (nSPS) is 15.0. The second-order valence-corrected chi connectivity index (χ2v) is 5.90. The van der Waals surface area contributed by atoms with E-state index in [1.807, 2.05) is 12.1 Å². The van der Waals surface area contributed by atoms with Crippen LogP contribution in [0.2, 0.25) is 0 Å². The molecule has 0 saturated heterocycles. The van der Waals surface area contributed by atoms with E-state index in [2.05, 4.69) is 30.4 Å². The summed E-state index contributed by atoms with van der Waals surface area (Å²) in [6, 6.07) is 14.2. The van der Waals surface area contributed by atoms with Gasteiger partial charge in [0.2, 0.25) is 0 Å². The Hall–Kier alpha value is -1.67. The van der Waals surface area contributed by atoms with Gasteiger partial charge in [-0.2, -0.15) is 0 Å². The second-order valence-electron chi connectivity index (χ2n) is 5.90. The average molecular weight is 283 g/mol. The van der Waals surface area contributed by atoms with Crippen molar-refractivity contribution in [3.63, 3.8) is 0 Å². The van der Waals surface area contributed by atoms with Crippen LogP contribution in [-0.4, -0.2) is 6.54 Å². The largest absolute Gasteiger partial charge is 0.310 e. The van der Waals surface area contributed by atoms with Crippen LogP contribution in [0.4, 0.5) is 4.39 Å². The van der Waals surface area contributed by atoms with Crippen LogP contribution in [-0.2, 0) is 19.3 Å². The molecular weight excluding hydrogens is 261 g/mol. The van der Waals surface area contributed by atoms with Crippen molar-refractivity contribution < 1.29 is 4.39 Å². The number of nitrogens with one attached hydrogen (secondary N) is 1. The molecule has 21 heavy (non-hydrogen) atoms. The molecule has 3 rings (SSSR count). The maximum Gasteiger partial charge on any atom is 0.126 e. The summed E-state index contributed by atoms with van der Waals surface area (Å²) in [5, 5.41) is 3.50. The minimum absolute atomic E-state index is 0.107. The molecule has 0 fully saturated rings. The van der Waals surface area contributed by atoms with Gasteiger partial charge in [0, 0.05) is 6.04 Å². The average Bonchev–Trinajstić information content (AvgIpc) is 2.96. The SMILES string of the molecule is CC(NCCc1ccccc1F)c1ccc2c(c1)CCC2. The van der Waals surface area contributed by atoms with Gasteiger partial charge in [0.1, 0.15) is 5.82 Å². The van der Waals surface area contributed by atoms with Crippen molar-refractivity contribution >= 4 is 0 Å². The van der Waals surface area contributed by atoms with Gasteiger partial charge in [-0.1, -0.05) is 36.4 Å². The molecule has 0 saturated carbocycles. The molecule has 1 atom stereocenters. The van der Waals surface area contributed by atoms with Gasteiger partial charge in [0.15, 0.2) is 0 Å². The fourth-order valence-electron chi connectivity index (χ4n) is 3.10. The second kappa shape index (κ2) is 6.40. The van der Waals surface area contributed by atoms with Crippen molar-refractivity contribution in [1.29, 1.82) is 0 Å². The summed E-state index contributed by atoms with van der Waals surface area (Å²) in [4.78, 5) is 0. The highest BCUT2D eigenvalue weighted by atomic mass is 19.1. The Balaban J connectivity index is 1.57. The number of benzene rings is 2. The van der Waals surface area contributed by atoms with E-state index in [0.717, 1.165) is 18.5 Å². The van der Waals surface area contributed by atoms with Crippen molar-refractivity contribution in [3.8, 4) is 0 Å². The molecular formula is C19H22FN. The van der Waals surface area contributed by atoms with Gasteiger partial charge in [0.25, 0.3) is 0 Å². The quantitative estimate of drug-likeness (QED) is 0.867. The molecule has 110 valence electrons. The Bertz CT molecular complexity index is 621. The molecule has 1 aliphatic rings. The maximum absolute atomic E-state index is 13.6. The first kappa shape index (κ1) is 14.3. The lowest BCUT2D eigenvalue weighted by atomic mass is 10.0. The van der Waals surface area contributed by atoms with Gasteiger partial charge in [-0.05, 0) is 67.5 Å². The van der Waals surface area contributed by atoms with E-state index in [1.54, 1.807) is 6.07 Å². The van der Waals surface area contributed by atoms with Gasteiger partial charge < -0.3 is 5.32 Å². The topological polar surface area (TPSA) is 12.0 Å². The monoisotopic (exact) mass is 283 g/mol. The van der Waals surface area contributed by atoms with Crippen LogP contribution in [0.25, 0.3) is 0 Å². The fourth-order valence-corrected chi connectivity index (χ4v) is 3.10. The fraction of sp³-hybridized carbons (Fsp3) is 0.368. The summed E-state index contributed by atoms with van der Waals surface area (Å²) in [6.07, 6.45) is 4.45. The third kappa shape index (κ3) is 3.33. The summed E-state index contributed by atoms with van der Waals surface area (Å²) in [6.45, 7) is 2.97. The molecule has 1 aliphatic carbocycles. The third-order valence-corrected chi connectivity index (χ3v) is 4.43. The van der Waals surface area contributed by atoms with Gasteiger partial charge >= 0.3 is 0 Å². The van der Waals surface area contributed by atoms with Crippen LogP contribution in [0.1, 0.15) is 41.6 Å². The first-order valence-corrected chi connectivity index (χ1v) is 7.82. The Morgan fingerprint density at radius 1 is 1.10 bits per heavy atom. The summed E-state index contributed by atoms with van der Waals surface area (Å²) < 4.78 is 13.6. The van der Waals surface area contributed by atoms with Crippen LogP contribution in [0.3, 0.4) is 0 Å². The van der Waals surface area contributed by atoms with E-state index in [-0.39, 0.29) is 5.82 Å². The number of halogens is 1. The lowest BCUT2D eigenvalue weighted by Gasteiger charge is -2.15. The van der Waals surface area contributed by atoms with Crippen LogP contribution >= 0.6 is 0 Å². The van der Waals surface area contributed by atoms with Crippen molar-refractivity contribution in [1.82, 2.24) is 5.32 Å². The van der Waals surface area contributed by atoms with Crippen molar-refractivity contribution in [2.24, 2.45) is 0 Å². The predicted octanol–water partition coefficient (Wildman–Crippen LogP) is 4.21. The Kier molecular flexibility index (Phi) is 4.35. The van der Waals surface area contributed by atoms with Crippen molar-refractivity contribution in [2.75, 3.05) is 6.54 Å². The first-order chi connectivity index (χ1) is 10.2. The third-order valence-electron chi connectivity index (χ3n) is 4.43. The molecule has 0 amide bonds. The van der Waals surface area contributed by atoms with E-state index in [1.165, 1.54) is 42.0 Å². The molecule has 0 spiro atoms. The Morgan fingerprint density at radius 2 is 1.90 bits per heavy atom. The predicted molar refractivity (Wildman–Crippen MR) is 85.0 cm³/mol. The standard InChI is InChI=1S/C19H22FN/c1-14(17-10-9-15-6-4-7-18(15)13-17)21-12-11-16-5-2-3-8-19(16)20/h2-3,5,8-10,13-14,21H,4,6-7,11-12H2,1H3.